The Bertz CT molecular complexity index is 506. The molecule has 4 rings (SSSR count). The summed E-state index contributed by atoms with van der Waals surface area (Å²) in [6, 6.07) is 0. The molecule has 0 amide bonds. The number of aliphatic hydroxyl groups excluding tert-OH is 1. The van der Waals surface area contributed by atoms with Crippen molar-refractivity contribution in [2.75, 3.05) is 12.9 Å². The van der Waals surface area contributed by atoms with E-state index >= 15 is 0 Å². The van der Waals surface area contributed by atoms with E-state index in [1.165, 1.54) is 25.7 Å². The van der Waals surface area contributed by atoms with Gasteiger partial charge in [-0.25, -0.2) is 8.78 Å². The highest BCUT2D eigenvalue weighted by molar-refractivity contribution is 7.99. The van der Waals surface area contributed by atoms with Gasteiger partial charge in [0.15, 0.2) is 12.3 Å². The molecule has 0 radical (unpaired) electrons. The molecule has 0 aromatic rings. The summed E-state index contributed by atoms with van der Waals surface area (Å²) in [6.07, 6.45) is 8.92. The van der Waals surface area contributed by atoms with Gasteiger partial charge in [0.1, 0.15) is 5.44 Å². The Balaban J connectivity index is 1.21. The Morgan fingerprint density at radius 3 is 2.14 bits per heavy atom. The van der Waals surface area contributed by atoms with Gasteiger partial charge in [0, 0.05) is 6.61 Å². The molecule has 0 aromatic heterocycles. The Morgan fingerprint density at radius 2 is 1.48 bits per heavy atom. The van der Waals surface area contributed by atoms with Crippen LogP contribution < -0.4 is 0 Å². The number of halogens is 2. The molecule has 3 aliphatic carbocycles. The number of aliphatic hydroxyl groups is 1. The lowest BCUT2D eigenvalue weighted by atomic mass is 9.71. The lowest BCUT2D eigenvalue weighted by molar-refractivity contribution is -0.169. The molecule has 168 valence electrons. The average Bonchev–Trinajstić information content (AvgIpc) is 2.76. The van der Waals surface area contributed by atoms with Crippen LogP contribution in [0, 0.1) is 23.7 Å². The quantitative estimate of drug-likeness (QED) is 0.640. The van der Waals surface area contributed by atoms with Crippen molar-refractivity contribution in [3.05, 3.63) is 0 Å². The maximum absolute atomic E-state index is 14.7. The van der Waals surface area contributed by atoms with Crippen molar-refractivity contribution in [1.29, 1.82) is 0 Å². The van der Waals surface area contributed by atoms with Crippen molar-refractivity contribution in [3.63, 3.8) is 0 Å². The molecule has 0 spiro atoms. The fourth-order valence-corrected chi connectivity index (χ4v) is 6.87. The molecule has 3 saturated carbocycles. The van der Waals surface area contributed by atoms with Gasteiger partial charge in [-0.3, -0.25) is 0 Å². The largest absolute Gasteiger partial charge is 0.393 e. The number of thioether (sulfide) groups is 1. The maximum Gasteiger partial charge on any atom is 0.160 e. The lowest BCUT2D eigenvalue weighted by Gasteiger charge is -2.45. The van der Waals surface area contributed by atoms with Crippen LogP contribution in [0.15, 0.2) is 0 Å². The van der Waals surface area contributed by atoms with Crippen LogP contribution in [0.4, 0.5) is 8.78 Å². The van der Waals surface area contributed by atoms with E-state index in [2.05, 4.69) is 0 Å². The molecule has 1 aliphatic heterocycles. The summed E-state index contributed by atoms with van der Waals surface area (Å²) in [7, 11) is 0. The molecule has 6 atom stereocenters. The average molecular weight is 433 g/mol. The number of ether oxygens (including phenoxy) is 2. The highest BCUT2D eigenvalue weighted by atomic mass is 32.2. The first-order valence-electron chi connectivity index (χ1n) is 11.8. The molecular weight excluding hydrogens is 394 g/mol. The summed E-state index contributed by atoms with van der Waals surface area (Å²) in [4.78, 5) is 0. The molecule has 1 saturated heterocycles. The van der Waals surface area contributed by atoms with Crippen molar-refractivity contribution in [2.24, 2.45) is 23.7 Å². The third kappa shape index (κ3) is 5.30. The van der Waals surface area contributed by atoms with Gasteiger partial charge in [-0.15, -0.1) is 11.8 Å². The second-order valence-electron chi connectivity index (χ2n) is 9.95. The molecule has 0 bridgehead atoms. The van der Waals surface area contributed by atoms with Gasteiger partial charge in [0.25, 0.3) is 0 Å². The van der Waals surface area contributed by atoms with Gasteiger partial charge in [0.2, 0.25) is 0 Å². The first-order chi connectivity index (χ1) is 14.0. The van der Waals surface area contributed by atoms with Crippen molar-refractivity contribution in [1.82, 2.24) is 0 Å². The Kier molecular flexibility index (Phi) is 7.79. The third-order valence-electron chi connectivity index (χ3n) is 8.16. The minimum atomic E-state index is -1.57. The fraction of sp³-hybridized carbons (Fsp3) is 1.00. The van der Waals surface area contributed by atoms with Gasteiger partial charge < -0.3 is 14.6 Å². The van der Waals surface area contributed by atoms with Crippen LogP contribution in [0.1, 0.15) is 70.6 Å². The van der Waals surface area contributed by atoms with E-state index in [-0.39, 0.29) is 17.5 Å². The Morgan fingerprint density at radius 1 is 0.862 bits per heavy atom. The number of alkyl halides is 2. The second kappa shape index (κ2) is 10.1. The predicted molar refractivity (Wildman–Crippen MR) is 112 cm³/mol. The first-order valence-corrected chi connectivity index (χ1v) is 13.1. The van der Waals surface area contributed by atoms with Gasteiger partial charge >= 0.3 is 0 Å². The fourth-order valence-electron chi connectivity index (χ4n) is 6.26. The van der Waals surface area contributed by atoms with Crippen LogP contribution >= 0.6 is 11.8 Å². The molecule has 3 nitrogen and oxygen atoms in total. The molecule has 6 heteroatoms. The molecule has 4 aliphatic rings. The number of fused-ring (bicyclic) bond motifs is 1. The molecule has 0 aromatic carbocycles. The standard InChI is InChI=1S/C23H38F2O3S/c1-29-20-11-8-17-12-19(21(24)22(25)23(17)28-20)27-13-14-2-4-15(5-3-14)16-6-9-18(26)10-7-16/h14-23,26H,2-13H2,1H3. The van der Waals surface area contributed by atoms with E-state index in [1.807, 2.05) is 6.26 Å². The summed E-state index contributed by atoms with van der Waals surface area (Å²) >= 11 is 1.59. The number of hydrogen-bond donors (Lipinski definition) is 1. The zero-order chi connectivity index (χ0) is 20.4. The highest BCUT2D eigenvalue weighted by Gasteiger charge is 2.49. The lowest BCUT2D eigenvalue weighted by Crippen LogP contribution is -2.54. The zero-order valence-corrected chi connectivity index (χ0v) is 18.5. The molecule has 29 heavy (non-hydrogen) atoms. The van der Waals surface area contributed by atoms with Crippen molar-refractivity contribution >= 4 is 11.8 Å². The van der Waals surface area contributed by atoms with Crippen molar-refractivity contribution in [2.45, 2.75) is 107 Å². The van der Waals surface area contributed by atoms with Crippen molar-refractivity contribution in [3.8, 4) is 0 Å². The summed E-state index contributed by atoms with van der Waals surface area (Å²) in [5, 5.41) is 9.72. The van der Waals surface area contributed by atoms with Gasteiger partial charge in [-0.05, 0) is 101 Å². The van der Waals surface area contributed by atoms with E-state index in [0.717, 1.165) is 50.4 Å². The topological polar surface area (TPSA) is 38.7 Å². The zero-order valence-electron chi connectivity index (χ0n) is 17.7. The summed E-state index contributed by atoms with van der Waals surface area (Å²) in [5.41, 5.74) is 0.00165. The summed E-state index contributed by atoms with van der Waals surface area (Å²) in [6.45, 7) is 0.569. The molecule has 4 fully saturated rings. The Hall–Kier alpha value is 0.0900. The van der Waals surface area contributed by atoms with E-state index in [0.29, 0.717) is 18.9 Å². The molecule has 1 N–H and O–H groups in total. The number of hydrogen-bond acceptors (Lipinski definition) is 4. The maximum atomic E-state index is 14.7. The van der Waals surface area contributed by atoms with E-state index < -0.39 is 24.6 Å². The third-order valence-corrected chi connectivity index (χ3v) is 9.04. The molecule has 6 unspecified atom stereocenters. The predicted octanol–water partition coefficient (Wildman–Crippen LogP) is 5.29. The second-order valence-corrected chi connectivity index (χ2v) is 10.9. The molecule has 1 heterocycles. The van der Waals surface area contributed by atoms with Gasteiger partial charge in [0.05, 0.1) is 18.3 Å². The Labute approximate surface area is 178 Å². The summed E-state index contributed by atoms with van der Waals surface area (Å²) in [5.74, 6) is 2.12. The summed E-state index contributed by atoms with van der Waals surface area (Å²) < 4.78 is 41.3. The van der Waals surface area contributed by atoms with Crippen LogP contribution in [-0.2, 0) is 9.47 Å². The SMILES string of the molecule is CSC1CCC2CC(OCC3CCC(C4CCC(O)CC4)CC3)C(F)C(F)C2O1. The monoisotopic (exact) mass is 432 g/mol. The van der Waals surface area contributed by atoms with Crippen molar-refractivity contribution < 1.29 is 23.4 Å². The normalized spacial score (nSPS) is 48.8. The minimum absolute atomic E-state index is 0.00165. The number of rotatable bonds is 5. The van der Waals surface area contributed by atoms with Crippen LogP contribution in [0.3, 0.4) is 0 Å². The van der Waals surface area contributed by atoms with Gasteiger partial charge in [-0.2, -0.15) is 0 Å². The first kappa shape index (κ1) is 22.3. The van der Waals surface area contributed by atoms with Crippen LogP contribution in [0.25, 0.3) is 0 Å². The highest BCUT2D eigenvalue weighted by Crippen LogP contribution is 2.43. The van der Waals surface area contributed by atoms with E-state index in [9.17, 15) is 13.9 Å². The smallest absolute Gasteiger partial charge is 0.160 e. The minimum Gasteiger partial charge on any atom is -0.393 e. The van der Waals surface area contributed by atoms with Gasteiger partial charge in [-0.1, -0.05) is 0 Å². The molecular formula is C23H38F2O3S. The van der Waals surface area contributed by atoms with Crippen LogP contribution in [-0.4, -0.2) is 54.1 Å². The van der Waals surface area contributed by atoms with E-state index in [4.69, 9.17) is 9.47 Å². The van der Waals surface area contributed by atoms with Crippen LogP contribution in [0.2, 0.25) is 0 Å². The van der Waals surface area contributed by atoms with Crippen LogP contribution in [0.5, 0.6) is 0 Å². The van der Waals surface area contributed by atoms with E-state index in [1.54, 1.807) is 11.8 Å².